The van der Waals surface area contributed by atoms with E-state index < -0.39 is 6.10 Å². The number of aryl methyl sites for hydroxylation is 1. The van der Waals surface area contributed by atoms with Gasteiger partial charge in [0.1, 0.15) is 5.75 Å². The molecule has 4 rings (SSSR count). The van der Waals surface area contributed by atoms with Gasteiger partial charge in [-0.1, -0.05) is 12.1 Å². The quantitative estimate of drug-likeness (QED) is 0.877. The summed E-state index contributed by atoms with van der Waals surface area (Å²) in [5.41, 5.74) is 4.64. The fourth-order valence-corrected chi connectivity index (χ4v) is 4.02. The lowest BCUT2D eigenvalue weighted by atomic mass is 9.95. The molecule has 148 valence electrons. The van der Waals surface area contributed by atoms with E-state index in [1.165, 1.54) is 0 Å². The van der Waals surface area contributed by atoms with Crippen LogP contribution < -0.4 is 4.74 Å². The van der Waals surface area contributed by atoms with Gasteiger partial charge < -0.3 is 19.5 Å². The summed E-state index contributed by atoms with van der Waals surface area (Å²) in [5, 5.41) is 10.3. The summed E-state index contributed by atoms with van der Waals surface area (Å²) in [6.45, 7) is 3.50. The first-order valence-corrected chi connectivity index (χ1v) is 9.76. The molecule has 6 heteroatoms. The molecule has 0 saturated carbocycles. The Balaban J connectivity index is 1.59. The molecular formula is C22H26N2O4. The van der Waals surface area contributed by atoms with Gasteiger partial charge in [0, 0.05) is 25.3 Å². The molecule has 1 amide bonds. The number of aliphatic hydroxyl groups excluding tert-OH is 1. The second kappa shape index (κ2) is 7.89. The van der Waals surface area contributed by atoms with E-state index in [1.54, 1.807) is 12.0 Å². The largest absolute Gasteiger partial charge is 0.497 e. The molecule has 0 aliphatic carbocycles. The minimum Gasteiger partial charge on any atom is -0.497 e. The second-order valence-electron chi connectivity index (χ2n) is 7.50. The highest BCUT2D eigenvalue weighted by molar-refractivity contribution is 5.96. The van der Waals surface area contributed by atoms with Crippen molar-refractivity contribution in [1.29, 1.82) is 0 Å². The molecule has 2 unspecified atom stereocenters. The van der Waals surface area contributed by atoms with Crippen molar-refractivity contribution in [3.8, 4) is 5.75 Å². The highest BCUT2D eigenvalue weighted by Gasteiger charge is 2.36. The number of nitrogens with zero attached hydrogens (tertiary/aromatic N) is 2. The Morgan fingerprint density at radius 2 is 2.11 bits per heavy atom. The molecule has 2 aromatic rings. The number of hydrogen-bond acceptors (Lipinski definition) is 5. The van der Waals surface area contributed by atoms with Crippen LogP contribution in [0.1, 0.15) is 39.3 Å². The van der Waals surface area contributed by atoms with Crippen LogP contribution in [0.4, 0.5) is 0 Å². The summed E-state index contributed by atoms with van der Waals surface area (Å²) < 4.78 is 10.7. The van der Waals surface area contributed by atoms with Crippen LogP contribution in [-0.4, -0.2) is 59.9 Å². The fraction of sp³-hybridized carbons (Fsp3) is 0.455. The first-order valence-electron chi connectivity index (χ1n) is 9.76. The van der Waals surface area contributed by atoms with E-state index in [2.05, 4.69) is 0 Å². The lowest BCUT2D eigenvalue weighted by Gasteiger charge is -2.39. The Kier molecular flexibility index (Phi) is 5.33. The average molecular weight is 382 g/mol. The smallest absolute Gasteiger partial charge is 0.256 e. The third-order valence-corrected chi connectivity index (χ3v) is 5.72. The van der Waals surface area contributed by atoms with Crippen molar-refractivity contribution >= 4 is 5.91 Å². The molecule has 0 spiro atoms. The summed E-state index contributed by atoms with van der Waals surface area (Å²) >= 11 is 0. The van der Waals surface area contributed by atoms with Crippen molar-refractivity contribution in [2.24, 2.45) is 0 Å². The molecule has 1 aromatic carbocycles. The van der Waals surface area contributed by atoms with Crippen LogP contribution in [-0.2, 0) is 17.6 Å². The predicted molar refractivity (Wildman–Crippen MR) is 105 cm³/mol. The van der Waals surface area contributed by atoms with E-state index in [9.17, 15) is 9.90 Å². The number of methoxy groups -OCH3 is 1. The first-order chi connectivity index (χ1) is 13.6. The van der Waals surface area contributed by atoms with E-state index in [0.29, 0.717) is 44.6 Å². The van der Waals surface area contributed by atoms with Crippen LogP contribution in [0.5, 0.6) is 5.75 Å². The van der Waals surface area contributed by atoms with Crippen molar-refractivity contribution in [2.75, 3.05) is 26.9 Å². The molecule has 3 heterocycles. The zero-order valence-electron chi connectivity index (χ0n) is 16.4. The molecule has 1 saturated heterocycles. The number of aromatic nitrogens is 1. The van der Waals surface area contributed by atoms with Gasteiger partial charge in [0.2, 0.25) is 0 Å². The minimum atomic E-state index is -0.531. The number of fused-ring (bicyclic) bond motifs is 1. The highest BCUT2D eigenvalue weighted by atomic mass is 16.5. The summed E-state index contributed by atoms with van der Waals surface area (Å²) in [4.78, 5) is 19.7. The number of carbonyl (C=O) groups excluding carboxylic acids is 1. The van der Waals surface area contributed by atoms with Gasteiger partial charge in [-0.15, -0.1) is 0 Å². The SMILES string of the molecule is COc1ccc(Cc2cc3c(nc2C)CCN(C2COCCC2O)C3=O)cc1. The van der Waals surface area contributed by atoms with E-state index in [-0.39, 0.29) is 11.9 Å². The van der Waals surface area contributed by atoms with Crippen LogP contribution in [0.15, 0.2) is 30.3 Å². The van der Waals surface area contributed by atoms with E-state index in [1.807, 2.05) is 37.3 Å². The van der Waals surface area contributed by atoms with E-state index in [4.69, 9.17) is 14.5 Å². The lowest BCUT2D eigenvalue weighted by Crippen LogP contribution is -2.54. The van der Waals surface area contributed by atoms with Crippen molar-refractivity contribution < 1.29 is 19.4 Å². The zero-order chi connectivity index (χ0) is 19.7. The van der Waals surface area contributed by atoms with Gasteiger partial charge in [0.05, 0.1) is 37.1 Å². The van der Waals surface area contributed by atoms with Gasteiger partial charge in [-0.3, -0.25) is 9.78 Å². The van der Waals surface area contributed by atoms with Gasteiger partial charge >= 0.3 is 0 Å². The monoisotopic (exact) mass is 382 g/mol. The molecule has 1 N–H and O–H groups in total. The maximum atomic E-state index is 13.2. The molecule has 6 nitrogen and oxygen atoms in total. The molecule has 2 atom stereocenters. The van der Waals surface area contributed by atoms with E-state index >= 15 is 0 Å². The minimum absolute atomic E-state index is 0.0562. The summed E-state index contributed by atoms with van der Waals surface area (Å²) in [7, 11) is 1.65. The van der Waals surface area contributed by atoms with Crippen molar-refractivity contribution in [1.82, 2.24) is 9.88 Å². The molecule has 0 bridgehead atoms. The third-order valence-electron chi connectivity index (χ3n) is 5.72. The third kappa shape index (κ3) is 3.62. The molecule has 2 aliphatic rings. The second-order valence-corrected chi connectivity index (χ2v) is 7.50. The summed E-state index contributed by atoms with van der Waals surface area (Å²) in [5.74, 6) is 0.766. The number of aliphatic hydroxyl groups is 1. The maximum absolute atomic E-state index is 13.2. The molecule has 1 aromatic heterocycles. The van der Waals surface area contributed by atoms with Gasteiger partial charge in [0.25, 0.3) is 5.91 Å². The number of carbonyl (C=O) groups is 1. The van der Waals surface area contributed by atoms with Crippen LogP contribution in [0.2, 0.25) is 0 Å². The maximum Gasteiger partial charge on any atom is 0.256 e. The van der Waals surface area contributed by atoms with Crippen LogP contribution >= 0.6 is 0 Å². The summed E-state index contributed by atoms with van der Waals surface area (Å²) in [6, 6.07) is 9.64. The van der Waals surface area contributed by atoms with Crippen molar-refractivity contribution in [2.45, 2.75) is 38.3 Å². The Morgan fingerprint density at radius 1 is 1.32 bits per heavy atom. The molecule has 0 radical (unpaired) electrons. The number of amides is 1. The standard InChI is InChI=1S/C22H26N2O4/c1-14-16(11-15-3-5-17(27-2)6-4-15)12-18-19(23-14)7-9-24(22(18)26)20-13-28-10-8-21(20)25/h3-6,12,20-21,25H,7-11,13H2,1-2H3. The number of hydrogen-bond donors (Lipinski definition) is 1. The van der Waals surface area contributed by atoms with Gasteiger partial charge in [-0.2, -0.15) is 0 Å². The van der Waals surface area contributed by atoms with Gasteiger partial charge in [-0.05, 0) is 49.1 Å². The molecule has 2 aliphatic heterocycles. The highest BCUT2D eigenvalue weighted by Crippen LogP contribution is 2.26. The van der Waals surface area contributed by atoms with Crippen LogP contribution in [0.25, 0.3) is 0 Å². The van der Waals surface area contributed by atoms with Crippen LogP contribution in [0, 0.1) is 6.92 Å². The molecule has 1 fully saturated rings. The predicted octanol–water partition coefficient (Wildman–Crippen LogP) is 2.14. The van der Waals surface area contributed by atoms with Crippen LogP contribution in [0.3, 0.4) is 0 Å². The molecular weight excluding hydrogens is 356 g/mol. The number of rotatable bonds is 4. The first kappa shape index (κ1) is 18.9. The number of benzene rings is 1. The Morgan fingerprint density at radius 3 is 2.82 bits per heavy atom. The van der Waals surface area contributed by atoms with Crippen molar-refractivity contribution in [3.05, 3.63) is 58.4 Å². The fourth-order valence-electron chi connectivity index (χ4n) is 4.02. The topological polar surface area (TPSA) is 71.9 Å². The Bertz CT molecular complexity index is 866. The normalized spacial score (nSPS) is 22.1. The number of ether oxygens (including phenoxy) is 2. The van der Waals surface area contributed by atoms with E-state index in [0.717, 1.165) is 28.3 Å². The average Bonchev–Trinajstić information content (AvgIpc) is 2.71. The zero-order valence-corrected chi connectivity index (χ0v) is 16.4. The number of pyridine rings is 1. The van der Waals surface area contributed by atoms with Crippen molar-refractivity contribution in [3.63, 3.8) is 0 Å². The van der Waals surface area contributed by atoms with Gasteiger partial charge in [-0.25, -0.2) is 0 Å². The Hall–Kier alpha value is -2.44. The lowest BCUT2D eigenvalue weighted by molar-refractivity contribution is -0.0537. The molecule has 28 heavy (non-hydrogen) atoms. The Labute approximate surface area is 165 Å². The summed E-state index contributed by atoms with van der Waals surface area (Å²) in [6.07, 6.45) is 1.44. The van der Waals surface area contributed by atoms with Gasteiger partial charge in [0.15, 0.2) is 0 Å².